The Labute approximate surface area is 131 Å². The zero-order valence-corrected chi connectivity index (χ0v) is 12.5. The molecule has 1 aromatic carbocycles. The minimum Gasteiger partial charge on any atom is -0.352 e. The number of benzene rings is 1. The molecule has 2 rings (SSSR count). The topological polar surface area (TPSA) is 44.4 Å². The van der Waals surface area contributed by atoms with E-state index in [0.717, 1.165) is 38.8 Å². The van der Waals surface area contributed by atoms with Gasteiger partial charge in [-0.05, 0) is 31.2 Å². The van der Waals surface area contributed by atoms with Gasteiger partial charge in [0.25, 0.3) is 5.91 Å². The van der Waals surface area contributed by atoms with Crippen LogP contribution in [-0.2, 0) is 6.18 Å². The first-order chi connectivity index (χ1) is 10.9. The first kappa shape index (κ1) is 17.7. The lowest BCUT2D eigenvalue weighted by Gasteiger charge is -2.27. The van der Waals surface area contributed by atoms with Crippen molar-refractivity contribution in [2.45, 2.75) is 12.6 Å². The molecular formula is C15H19F4N3O. The molecule has 23 heavy (non-hydrogen) atoms. The third-order valence-corrected chi connectivity index (χ3v) is 3.63. The fourth-order valence-electron chi connectivity index (χ4n) is 2.43. The lowest BCUT2D eigenvalue weighted by Crippen LogP contribution is -2.44. The molecule has 0 bridgehead atoms. The van der Waals surface area contributed by atoms with Gasteiger partial charge in [0.2, 0.25) is 0 Å². The molecule has 1 saturated heterocycles. The molecule has 0 saturated carbocycles. The number of halogens is 4. The second-order valence-corrected chi connectivity index (χ2v) is 5.43. The molecule has 0 aliphatic carbocycles. The molecule has 1 fully saturated rings. The van der Waals surface area contributed by atoms with E-state index in [0.29, 0.717) is 25.1 Å². The maximum absolute atomic E-state index is 13.3. The molecule has 0 unspecified atom stereocenters. The number of carbonyl (C=O) groups is 1. The Morgan fingerprint density at radius 3 is 2.57 bits per heavy atom. The molecular weight excluding hydrogens is 314 g/mol. The van der Waals surface area contributed by atoms with Crippen LogP contribution in [0.3, 0.4) is 0 Å². The smallest absolute Gasteiger partial charge is 0.352 e. The molecule has 1 aromatic rings. The molecule has 1 amide bonds. The molecule has 8 heteroatoms. The summed E-state index contributed by atoms with van der Waals surface area (Å²) in [7, 11) is 0. The van der Waals surface area contributed by atoms with Crippen molar-refractivity contribution in [1.82, 2.24) is 15.5 Å². The number of nitrogens with zero attached hydrogens (tertiary/aromatic N) is 1. The summed E-state index contributed by atoms with van der Waals surface area (Å²) in [6.07, 6.45) is -3.99. The zero-order valence-electron chi connectivity index (χ0n) is 12.5. The maximum Gasteiger partial charge on any atom is 0.416 e. The number of nitrogens with one attached hydrogen (secondary N) is 2. The molecule has 0 spiro atoms. The van der Waals surface area contributed by atoms with Crippen LogP contribution in [0.25, 0.3) is 0 Å². The highest BCUT2D eigenvalue weighted by Gasteiger charge is 2.31. The minimum atomic E-state index is -4.68. The lowest BCUT2D eigenvalue weighted by atomic mass is 10.1. The van der Waals surface area contributed by atoms with Crippen LogP contribution < -0.4 is 10.6 Å². The SMILES string of the molecule is O=C(NCCCN1CCNCC1)c1cc(F)cc(C(F)(F)F)c1. The van der Waals surface area contributed by atoms with Crippen LogP contribution in [0, 0.1) is 5.82 Å². The Balaban J connectivity index is 1.84. The molecule has 0 radical (unpaired) electrons. The highest BCUT2D eigenvalue weighted by atomic mass is 19.4. The van der Waals surface area contributed by atoms with Crippen LogP contribution in [0.4, 0.5) is 17.6 Å². The van der Waals surface area contributed by atoms with Gasteiger partial charge in [-0.25, -0.2) is 4.39 Å². The fourth-order valence-corrected chi connectivity index (χ4v) is 2.43. The predicted octanol–water partition coefficient (Wildman–Crippen LogP) is 1.87. The Hall–Kier alpha value is -1.67. The van der Waals surface area contributed by atoms with Gasteiger partial charge in [0, 0.05) is 38.3 Å². The summed E-state index contributed by atoms with van der Waals surface area (Å²) in [4.78, 5) is 14.1. The van der Waals surface area contributed by atoms with E-state index in [2.05, 4.69) is 15.5 Å². The molecule has 1 heterocycles. The largest absolute Gasteiger partial charge is 0.416 e. The number of hydrogen-bond acceptors (Lipinski definition) is 3. The van der Waals surface area contributed by atoms with Gasteiger partial charge >= 0.3 is 6.18 Å². The zero-order chi connectivity index (χ0) is 16.9. The van der Waals surface area contributed by atoms with E-state index in [9.17, 15) is 22.4 Å². The van der Waals surface area contributed by atoms with Crippen molar-refractivity contribution in [2.24, 2.45) is 0 Å². The number of hydrogen-bond donors (Lipinski definition) is 2. The van der Waals surface area contributed by atoms with E-state index >= 15 is 0 Å². The highest BCUT2D eigenvalue weighted by molar-refractivity contribution is 5.94. The first-order valence-corrected chi connectivity index (χ1v) is 7.45. The number of piperazine rings is 1. The van der Waals surface area contributed by atoms with Crippen molar-refractivity contribution >= 4 is 5.91 Å². The third kappa shape index (κ3) is 5.47. The monoisotopic (exact) mass is 333 g/mol. The second-order valence-electron chi connectivity index (χ2n) is 5.43. The van der Waals surface area contributed by atoms with Crippen molar-refractivity contribution < 1.29 is 22.4 Å². The maximum atomic E-state index is 13.3. The van der Waals surface area contributed by atoms with E-state index < -0.39 is 23.5 Å². The molecule has 1 aliphatic heterocycles. The Bertz CT molecular complexity index is 542. The second kappa shape index (κ2) is 7.74. The predicted molar refractivity (Wildman–Crippen MR) is 77.7 cm³/mol. The van der Waals surface area contributed by atoms with Crippen LogP contribution in [0.1, 0.15) is 22.3 Å². The van der Waals surface area contributed by atoms with Crippen LogP contribution >= 0.6 is 0 Å². The number of rotatable bonds is 5. The molecule has 128 valence electrons. The van der Waals surface area contributed by atoms with E-state index in [1.165, 1.54) is 0 Å². The van der Waals surface area contributed by atoms with Gasteiger partial charge < -0.3 is 15.5 Å². The summed E-state index contributed by atoms with van der Waals surface area (Å²) in [5, 5.41) is 5.76. The van der Waals surface area contributed by atoms with Gasteiger partial charge in [-0.1, -0.05) is 0 Å². The van der Waals surface area contributed by atoms with Crippen molar-refractivity contribution in [3.05, 3.63) is 35.1 Å². The summed E-state index contributed by atoms with van der Waals surface area (Å²) in [6.45, 7) is 4.87. The number of alkyl halides is 3. The standard InChI is InChI=1S/C15H19F4N3O/c16-13-9-11(8-12(10-13)15(17,18)19)14(23)21-2-1-5-22-6-3-20-4-7-22/h8-10,20H,1-7H2,(H,21,23). The van der Waals surface area contributed by atoms with Gasteiger partial charge in [0.05, 0.1) is 5.56 Å². The third-order valence-electron chi connectivity index (χ3n) is 3.63. The van der Waals surface area contributed by atoms with Gasteiger partial charge in [-0.15, -0.1) is 0 Å². The number of carbonyl (C=O) groups excluding carboxylic acids is 1. The normalized spacial score (nSPS) is 16.3. The molecule has 4 nitrogen and oxygen atoms in total. The molecule has 2 N–H and O–H groups in total. The summed E-state index contributed by atoms with van der Waals surface area (Å²) in [5.74, 6) is -1.78. The van der Waals surface area contributed by atoms with E-state index in [1.807, 2.05) is 0 Å². The number of amides is 1. The van der Waals surface area contributed by atoms with Crippen LogP contribution in [0.15, 0.2) is 18.2 Å². The van der Waals surface area contributed by atoms with Gasteiger partial charge in [0.15, 0.2) is 0 Å². The first-order valence-electron chi connectivity index (χ1n) is 7.45. The summed E-state index contributed by atoms with van der Waals surface area (Å²) in [5.41, 5.74) is -1.48. The van der Waals surface area contributed by atoms with Crippen molar-refractivity contribution in [1.29, 1.82) is 0 Å². The molecule has 0 atom stereocenters. The lowest BCUT2D eigenvalue weighted by molar-refractivity contribution is -0.137. The van der Waals surface area contributed by atoms with Gasteiger partial charge in [-0.3, -0.25) is 4.79 Å². The van der Waals surface area contributed by atoms with Crippen LogP contribution in [0.5, 0.6) is 0 Å². The average molecular weight is 333 g/mol. The van der Waals surface area contributed by atoms with Crippen molar-refractivity contribution in [2.75, 3.05) is 39.3 Å². The highest BCUT2D eigenvalue weighted by Crippen LogP contribution is 2.30. The summed E-state index contributed by atoms with van der Waals surface area (Å²) >= 11 is 0. The van der Waals surface area contributed by atoms with E-state index in [1.54, 1.807) is 0 Å². The summed E-state index contributed by atoms with van der Waals surface area (Å²) < 4.78 is 51.1. The van der Waals surface area contributed by atoms with Gasteiger partial charge in [-0.2, -0.15) is 13.2 Å². The van der Waals surface area contributed by atoms with Crippen LogP contribution in [0.2, 0.25) is 0 Å². The Morgan fingerprint density at radius 2 is 1.91 bits per heavy atom. The average Bonchev–Trinajstić information content (AvgIpc) is 2.51. The molecule has 0 aromatic heterocycles. The Kier molecular flexibility index (Phi) is 5.95. The quantitative estimate of drug-likeness (QED) is 0.639. The van der Waals surface area contributed by atoms with E-state index in [4.69, 9.17) is 0 Å². The molecule has 1 aliphatic rings. The fraction of sp³-hybridized carbons (Fsp3) is 0.533. The van der Waals surface area contributed by atoms with Crippen molar-refractivity contribution in [3.8, 4) is 0 Å². The minimum absolute atomic E-state index is 0.320. The summed E-state index contributed by atoms with van der Waals surface area (Å²) in [6, 6.07) is 1.84. The van der Waals surface area contributed by atoms with Gasteiger partial charge in [0.1, 0.15) is 5.82 Å². The van der Waals surface area contributed by atoms with E-state index in [-0.39, 0.29) is 5.56 Å². The van der Waals surface area contributed by atoms with Crippen molar-refractivity contribution in [3.63, 3.8) is 0 Å². The van der Waals surface area contributed by atoms with Crippen LogP contribution in [-0.4, -0.2) is 50.1 Å². The Morgan fingerprint density at radius 1 is 1.22 bits per heavy atom.